The van der Waals surface area contributed by atoms with Crippen LogP contribution in [-0.2, 0) is 6.42 Å². The van der Waals surface area contributed by atoms with E-state index in [1.165, 1.54) is 5.56 Å². The quantitative estimate of drug-likeness (QED) is 0.896. The van der Waals surface area contributed by atoms with Crippen molar-refractivity contribution in [3.63, 3.8) is 0 Å². The molecule has 1 fully saturated rings. The van der Waals surface area contributed by atoms with Gasteiger partial charge in [0, 0.05) is 25.3 Å². The van der Waals surface area contributed by atoms with E-state index in [1.54, 1.807) is 0 Å². The molecular formula is C18H29N3OS. The molecule has 1 heterocycles. The monoisotopic (exact) mass is 335 g/mol. The van der Waals surface area contributed by atoms with Crippen LogP contribution in [0.4, 0.5) is 10.5 Å². The summed E-state index contributed by atoms with van der Waals surface area (Å²) in [5.41, 5.74) is 2.19. The van der Waals surface area contributed by atoms with Gasteiger partial charge in [0.2, 0.25) is 0 Å². The largest absolute Gasteiger partial charge is 0.324 e. The number of benzene rings is 1. The van der Waals surface area contributed by atoms with Crippen molar-refractivity contribution in [2.24, 2.45) is 5.92 Å². The van der Waals surface area contributed by atoms with E-state index < -0.39 is 0 Å². The Bertz CT molecular complexity index is 505. The van der Waals surface area contributed by atoms with Crippen LogP contribution in [0, 0.1) is 5.92 Å². The zero-order valence-electron chi connectivity index (χ0n) is 14.7. The Kier molecular flexibility index (Phi) is 6.78. The van der Waals surface area contributed by atoms with Crippen molar-refractivity contribution < 1.29 is 4.79 Å². The maximum atomic E-state index is 12.5. The Morgan fingerprint density at radius 3 is 2.70 bits per heavy atom. The molecule has 1 saturated heterocycles. The minimum Gasteiger partial charge on any atom is -0.324 e. The molecule has 0 spiro atoms. The predicted octanol–water partition coefficient (Wildman–Crippen LogP) is 3.40. The van der Waals surface area contributed by atoms with Gasteiger partial charge >= 0.3 is 6.03 Å². The number of rotatable bonds is 5. The van der Waals surface area contributed by atoms with Gasteiger partial charge in [0.1, 0.15) is 0 Å². The third-order valence-electron chi connectivity index (χ3n) is 4.68. The highest BCUT2D eigenvalue weighted by Crippen LogP contribution is 2.21. The number of anilines is 1. The van der Waals surface area contributed by atoms with Crippen molar-refractivity contribution in [2.45, 2.75) is 25.8 Å². The molecule has 0 aromatic heterocycles. The second kappa shape index (κ2) is 8.60. The van der Waals surface area contributed by atoms with Crippen LogP contribution >= 0.6 is 11.8 Å². The van der Waals surface area contributed by atoms with E-state index in [1.807, 2.05) is 35.8 Å². The normalized spacial score (nSPS) is 21.9. The van der Waals surface area contributed by atoms with Gasteiger partial charge in [-0.05, 0) is 62.1 Å². The molecule has 1 aromatic rings. The fourth-order valence-corrected chi connectivity index (χ4v) is 3.69. The molecular weight excluding hydrogens is 306 g/mol. The first-order valence-electron chi connectivity index (χ1n) is 8.31. The number of hydrogen-bond acceptors (Lipinski definition) is 3. The number of nitrogens with zero attached hydrogens (tertiary/aromatic N) is 2. The molecule has 2 amide bonds. The molecule has 0 unspecified atom stereocenters. The number of aryl methyl sites for hydroxylation is 1. The minimum absolute atomic E-state index is 0.0109. The third kappa shape index (κ3) is 5.15. The number of carbonyl (C=O) groups excluding carboxylic acids is 1. The van der Waals surface area contributed by atoms with E-state index in [0.29, 0.717) is 12.0 Å². The van der Waals surface area contributed by atoms with E-state index in [-0.39, 0.29) is 6.03 Å². The van der Waals surface area contributed by atoms with Crippen LogP contribution in [0.5, 0.6) is 0 Å². The zero-order valence-corrected chi connectivity index (χ0v) is 15.5. The van der Waals surface area contributed by atoms with Gasteiger partial charge in [-0.2, -0.15) is 11.8 Å². The van der Waals surface area contributed by atoms with Gasteiger partial charge in [0.25, 0.3) is 0 Å². The molecule has 0 aliphatic carbocycles. The van der Waals surface area contributed by atoms with Crippen LogP contribution in [0.25, 0.3) is 0 Å². The SMILES string of the molecule is CSCCc1ccc(NC(=O)N(C)[C@H]2CCN(C)C[C@H]2C)cc1. The lowest BCUT2D eigenvalue weighted by Gasteiger charge is -2.39. The summed E-state index contributed by atoms with van der Waals surface area (Å²) in [5, 5.41) is 3.02. The van der Waals surface area contributed by atoms with Crippen LogP contribution in [0.1, 0.15) is 18.9 Å². The number of likely N-dealkylation sites (tertiary alicyclic amines) is 1. The Balaban J connectivity index is 1.90. The number of thioether (sulfide) groups is 1. The molecule has 4 nitrogen and oxygen atoms in total. The number of nitrogens with one attached hydrogen (secondary N) is 1. The van der Waals surface area contributed by atoms with Crippen LogP contribution in [-0.4, -0.2) is 61.1 Å². The molecule has 2 rings (SSSR count). The second-order valence-electron chi connectivity index (χ2n) is 6.58. The summed E-state index contributed by atoms with van der Waals surface area (Å²) in [7, 11) is 4.06. The second-order valence-corrected chi connectivity index (χ2v) is 7.56. The Morgan fingerprint density at radius 2 is 2.09 bits per heavy atom. The summed E-state index contributed by atoms with van der Waals surface area (Å²) in [6.45, 7) is 4.33. The summed E-state index contributed by atoms with van der Waals surface area (Å²) in [5.74, 6) is 1.63. The van der Waals surface area contributed by atoms with Gasteiger partial charge in [-0.15, -0.1) is 0 Å². The topological polar surface area (TPSA) is 35.6 Å². The molecule has 1 aliphatic rings. The predicted molar refractivity (Wildman–Crippen MR) is 100 cm³/mol. The summed E-state index contributed by atoms with van der Waals surface area (Å²) < 4.78 is 0. The first kappa shape index (κ1) is 18.1. The average molecular weight is 336 g/mol. The maximum absolute atomic E-state index is 12.5. The van der Waals surface area contributed by atoms with Crippen LogP contribution in [0.2, 0.25) is 0 Å². The fourth-order valence-electron chi connectivity index (χ4n) is 3.25. The first-order chi connectivity index (χ1) is 11.0. The molecule has 1 aliphatic heterocycles. The lowest BCUT2D eigenvalue weighted by atomic mass is 9.93. The Hall–Kier alpha value is -1.20. The van der Waals surface area contributed by atoms with Gasteiger partial charge < -0.3 is 15.1 Å². The minimum atomic E-state index is -0.0109. The molecule has 1 aromatic carbocycles. The van der Waals surface area contributed by atoms with E-state index in [0.717, 1.165) is 37.4 Å². The van der Waals surface area contributed by atoms with Gasteiger partial charge in [0.15, 0.2) is 0 Å². The van der Waals surface area contributed by atoms with Gasteiger partial charge in [0.05, 0.1) is 0 Å². The van der Waals surface area contributed by atoms with Crippen molar-refractivity contribution in [3.8, 4) is 0 Å². The standard InChI is InChI=1S/C18H29N3OS/c1-14-13-20(2)11-9-17(14)21(3)18(22)19-16-7-5-15(6-8-16)10-12-23-4/h5-8,14,17H,9-13H2,1-4H3,(H,19,22)/t14-,17+/m1/s1. The van der Waals surface area contributed by atoms with Crippen molar-refractivity contribution in [1.29, 1.82) is 0 Å². The summed E-state index contributed by atoms with van der Waals surface area (Å²) in [4.78, 5) is 16.7. The number of piperidine rings is 1. The van der Waals surface area contributed by atoms with Gasteiger partial charge in [-0.25, -0.2) is 4.79 Å². The van der Waals surface area contributed by atoms with E-state index in [4.69, 9.17) is 0 Å². The van der Waals surface area contributed by atoms with Gasteiger partial charge in [-0.3, -0.25) is 0 Å². The van der Waals surface area contributed by atoms with E-state index in [9.17, 15) is 4.79 Å². The van der Waals surface area contributed by atoms with Crippen molar-refractivity contribution in [3.05, 3.63) is 29.8 Å². The van der Waals surface area contributed by atoms with Crippen LogP contribution < -0.4 is 5.32 Å². The average Bonchev–Trinajstić information content (AvgIpc) is 2.53. The number of hydrogen-bond donors (Lipinski definition) is 1. The number of amides is 2. The molecule has 5 heteroatoms. The molecule has 2 atom stereocenters. The third-order valence-corrected chi connectivity index (χ3v) is 5.29. The highest BCUT2D eigenvalue weighted by atomic mass is 32.2. The van der Waals surface area contributed by atoms with Crippen molar-refractivity contribution in [1.82, 2.24) is 9.80 Å². The molecule has 0 bridgehead atoms. The molecule has 128 valence electrons. The summed E-state index contributed by atoms with van der Waals surface area (Å²) in [6.07, 6.45) is 4.23. The lowest BCUT2D eigenvalue weighted by molar-refractivity contribution is 0.113. The highest BCUT2D eigenvalue weighted by Gasteiger charge is 2.29. The smallest absolute Gasteiger partial charge is 0.321 e. The Labute approximate surface area is 144 Å². The molecule has 1 N–H and O–H groups in total. The van der Waals surface area contributed by atoms with Crippen molar-refractivity contribution >= 4 is 23.5 Å². The summed E-state index contributed by atoms with van der Waals surface area (Å²) in [6, 6.07) is 8.50. The zero-order chi connectivity index (χ0) is 16.8. The Morgan fingerprint density at radius 1 is 1.39 bits per heavy atom. The number of carbonyl (C=O) groups is 1. The first-order valence-corrected chi connectivity index (χ1v) is 9.71. The number of urea groups is 1. The molecule has 23 heavy (non-hydrogen) atoms. The summed E-state index contributed by atoms with van der Waals surface area (Å²) >= 11 is 1.85. The lowest BCUT2D eigenvalue weighted by Crippen LogP contribution is -2.50. The van der Waals surface area contributed by atoms with Gasteiger partial charge in [-0.1, -0.05) is 19.1 Å². The fraction of sp³-hybridized carbons (Fsp3) is 0.611. The molecule has 0 saturated carbocycles. The van der Waals surface area contributed by atoms with E-state index in [2.05, 4.69) is 42.6 Å². The van der Waals surface area contributed by atoms with Crippen molar-refractivity contribution in [2.75, 3.05) is 44.5 Å². The van der Waals surface area contributed by atoms with E-state index >= 15 is 0 Å². The molecule has 0 radical (unpaired) electrons. The van der Waals surface area contributed by atoms with Crippen LogP contribution in [0.15, 0.2) is 24.3 Å². The maximum Gasteiger partial charge on any atom is 0.321 e. The van der Waals surface area contributed by atoms with Crippen LogP contribution in [0.3, 0.4) is 0 Å². The highest BCUT2D eigenvalue weighted by molar-refractivity contribution is 7.98.